The maximum absolute atomic E-state index is 8.65. The van der Waals surface area contributed by atoms with Crippen LogP contribution in [0.2, 0.25) is 0 Å². The normalized spacial score (nSPS) is 11.7. The molecule has 0 aliphatic rings. The zero-order valence-corrected chi connectivity index (χ0v) is 10.1. The van der Waals surface area contributed by atoms with Crippen molar-refractivity contribution in [2.45, 2.75) is 0 Å². The summed E-state index contributed by atoms with van der Waals surface area (Å²) in [5.41, 5.74) is 6.00. The van der Waals surface area contributed by atoms with Gasteiger partial charge < -0.3 is 10.9 Å². The number of rotatable bonds is 2. The second kappa shape index (κ2) is 4.43. The van der Waals surface area contributed by atoms with Gasteiger partial charge in [-0.2, -0.15) is 10.2 Å². The SMILES string of the molecule is N/C(=N/O)c1ccnnc1-n1cc(I)cn1. The number of amidine groups is 1. The topological polar surface area (TPSA) is 102 Å². The maximum Gasteiger partial charge on any atom is 0.186 e. The van der Waals surface area contributed by atoms with Crippen molar-refractivity contribution >= 4 is 28.4 Å². The van der Waals surface area contributed by atoms with Crippen LogP contribution in [0.1, 0.15) is 5.56 Å². The molecule has 0 aliphatic heterocycles. The zero-order valence-electron chi connectivity index (χ0n) is 7.95. The van der Waals surface area contributed by atoms with Gasteiger partial charge in [-0.05, 0) is 28.7 Å². The van der Waals surface area contributed by atoms with E-state index in [0.29, 0.717) is 11.4 Å². The van der Waals surface area contributed by atoms with Crippen LogP contribution in [0.25, 0.3) is 5.82 Å². The highest BCUT2D eigenvalue weighted by atomic mass is 127. The fourth-order valence-corrected chi connectivity index (χ4v) is 1.55. The molecule has 7 nitrogen and oxygen atoms in total. The number of nitrogens with two attached hydrogens (primary N) is 1. The molecule has 0 unspecified atom stereocenters. The largest absolute Gasteiger partial charge is 0.409 e. The molecule has 2 aromatic heterocycles. The average molecular weight is 330 g/mol. The Hall–Kier alpha value is -1.71. The van der Waals surface area contributed by atoms with Crippen molar-refractivity contribution in [1.29, 1.82) is 0 Å². The van der Waals surface area contributed by atoms with Gasteiger partial charge >= 0.3 is 0 Å². The van der Waals surface area contributed by atoms with Crippen molar-refractivity contribution in [1.82, 2.24) is 20.0 Å². The predicted molar refractivity (Wildman–Crippen MR) is 64.4 cm³/mol. The van der Waals surface area contributed by atoms with E-state index in [1.807, 2.05) is 0 Å². The van der Waals surface area contributed by atoms with Gasteiger partial charge in [-0.1, -0.05) is 5.16 Å². The first-order chi connectivity index (χ1) is 7.72. The highest BCUT2D eigenvalue weighted by Crippen LogP contribution is 2.11. The van der Waals surface area contributed by atoms with E-state index in [9.17, 15) is 0 Å². The molecular weight excluding hydrogens is 323 g/mol. The van der Waals surface area contributed by atoms with E-state index in [2.05, 4.69) is 43.0 Å². The summed E-state index contributed by atoms with van der Waals surface area (Å²) in [5, 5.41) is 23.3. The van der Waals surface area contributed by atoms with E-state index >= 15 is 0 Å². The average Bonchev–Trinajstić information content (AvgIpc) is 2.75. The molecule has 3 N–H and O–H groups in total. The van der Waals surface area contributed by atoms with Crippen molar-refractivity contribution in [2.75, 3.05) is 0 Å². The Morgan fingerprint density at radius 3 is 3.00 bits per heavy atom. The Balaban J connectivity index is 2.57. The molecule has 2 rings (SSSR count). The second-order valence-corrected chi connectivity index (χ2v) is 4.10. The van der Waals surface area contributed by atoms with Crippen LogP contribution in [0.15, 0.2) is 29.8 Å². The molecule has 0 aliphatic carbocycles. The van der Waals surface area contributed by atoms with Crippen LogP contribution in [-0.4, -0.2) is 31.0 Å². The van der Waals surface area contributed by atoms with Gasteiger partial charge in [0.2, 0.25) is 0 Å². The minimum atomic E-state index is -0.0320. The molecule has 16 heavy (non-hydrogen) atoms. The predicted octanol–water partition coefficient (Wildman–Crippen LogP) is 0.361. The summed E-state index contributed by atoms with van der Waals surface area (Å²) in [6, 6.07) is 1.60. The molecule has 0 radical (unpaired) electrons. The molecule has 0 aromatic carbocycles. The van der Waals surface area contributed by atoms with Crippen LogP contribution in [0.4, 0.5) is 0 Å². The van der Waals surface area contributed by atoms with Crippen molar-refractivity contribution in [3.8, 4) is 5.82 Å². The molecule has 0 bridgehead atoms. The lowest BCUT2D eigenvalue weighted by molar-refractivity contribution is 0.318. The second-order valence-electron chi connectivity index (χ2n) is 2.86. The smallest absolute Gasteiger partial charge is 0.186 e. The maximum atomic E-state index is 8.65. The van der Waals surface area contributed by atoms with Crippen molar-refractivity contribution < 1.29 is 5.21 Å². The fourth-order valence-electron chi connectivity index (χ4n) is 1.16. The van der Waals surface area contributed by atoms with E-state index < -0.39 is 0 Å². The van der Waals surface area contributed by atoms with E-state index in [-0.39, 0.29) is 5.84 Å². The summed E-state index contributed by atoms with van der Waals surface area (Å²) in [5.74, 6) is 0.385. The minimum Gasteiger partial charge on any atom is -0.409 e. The number of hydrogen-bond acceptors (Lipinski definition) is 5. The van der Waals surface area contributed by atoms with Gasteiger partial charge in [-0.15, -0.1) is 5.10 Å². The molecule has 0 saturated heterocycles. The summed E-state index contributed by atoms with van der Waals surface area (Å²) >= 11 is 2.12. The van der Waals surface area contributed by atoms with Gasteiger partial charge in [0.15, 0.2) is 11.7 Å². The molecule has 2 heterocycles. The number of aromatic nitrogens is 4. The molecule has 0 spiro atoms. The van der Waals surface area contributed by atoms with E-state index in [0.717, 1.165) is 3.57 Å². The van der Waals surface area contributed by atoms with Crippen LogP contribution >= 0.6 is 22.6 Å². The quantitative estimate of drug-likeness (QED) is 0.272. The summed E-state index contributed by atoms with van der Waals surface area (Å²) in [6.07, 6.45) is 4.90. The van der Waals surface area contributed by atoms with Crippen molar-refractivity contribution in [2.24, 2.45) is 10.9 Å². The third-order valence-corrected chi connectivity index (χ3v) is 2.41. The minimum absolute atomic E-state index is 0.0320. The monoisotopic (exact) mass is 330 g/mol. The van der Waals surface area contributed by atoms with Crippen molar-refractivity contribution in [3.63, 3.8) is 0 Å². The number of hydrogen-bond donors (Lipinski definition) is 2. The third-order valence-electron chi connectivity index (χ3n) is 1.85. The Kier molecular flexibility index (Phi) is 2.99. The molecule has 0 atom stereocenters. The lowest BCUT2D eigenvalue weighted by Crippen LogP contribution is -2.18. The first-order valence-electron chi connectivity index (χ1n) is 4.22. The van der Waals surface area contributed by atoms with Gasteiger partial charge in [0, 0.05) is 6.20 Å². The van der Waals surface area contributed by atoms with Crippen LogP contribution in [0, 0.1) is 3.57 Å². The number of halogens is 1. The van der Waals surface area contributed by atoms with Gasteiger partial charge in [-0.3, -0.25) is 0 Å². The fraction of sp³-hybridized carbons (Fsp3) is 0. The van der Waals surface area contributed by atoms with Crippen LogP contribution in [-0.2, 0) is 0 Å². The molecule has 0 fully saturated rings. The lowest BCUT2D eigenvalue weighted by atomic mass is 10.2. The van der Waals surface area contributed by atoms with Crippen LogP contribution in [0.5, 0.6) is 0 Å². The summed E-state index contributed by atoms with van der Waals surface area (Å²) in [4.78, 5) is 0. The highest BCUT2D eigenvalue weighted by molar-refractivity contribution is 14.1. The Morgan fingerprint density at radius 2 is 2.38 bits per heavy atom. The Labute approximate surface area is 104 Å². The van der Waals surface area contributed by atoms with Gasteiger partial charge in [0.05, 0.1) is 21.5 Å². The third kappa shape index (κ3) is 1.96. The van der Waals surface area contributed by atoms with Gasteiger partial charge in [0.1, 0.15) is 0 Å². The first-order valence-corrected chi connectivity index (χ1v) is 5.30. The highest BCUT2D eigenvalue weighted by Gasteiger charge is 2.11. The summed E-state index contributed by atoms with van der Waals surface area (Å²) in [6.45, 7) is 0. The molecular formula is C8H7IN6O. The summed E-state index contributed by atoms with van der Waals surface area (Å²) in [7, 11) is 0. The number of nitrogens with zero attached hydrogens (tertiary/aromatic N) is 5. The molecule has 82 valence electrons. The van der Waals surface area contributed by atoms with Crippen LogP contribution < -0.4 is 5.73 Å². The lowest BCUT2D eigenvalue weighted by Gasteiger charge is -2.04. The summed E-state index contributed by atoms with van der Waals surface area (Å²) < 4.78 is 2.47. The van der Waals surface area contributed by atoms with E-state index in [1.165, 1.54) is 10.9 Å². The van der Waals surface area contributed by atoms with E-state index in [1.54, 1.807) is 18.5 Å². The zero-order chi connectivity index (χ0) is 11.5. The first kappa shape index (κ1) is 10.8. The van der Waals surface area contributed by atoms with Crippen LogP contribution in [0.3, 0.4) is 0 Å². The van der Waals surface area contributed by atoms with Crippen molar-refractivity contribution in [3.05, 3.63) is 33.8 Å². The Bertz CT molecular complexity index is 537. The Morgan fingerprint density at radius 1 is 1.56 bits per heavy atom. The molecule has 0 saturated carbocycles. The van der Waals surface area contributed by atoms with Gasteiger partial charge in [-0.25, -0.2) is 4.68 Å². The van der Waals surface area contributed by atoms with Gasteiger partial charge in [0.25, 0.3) is 0 Å². The molecule has 2 aromatic rings. The molecule has 8 heteroatoms. The molecule has 0 amide bonds. The standard InChI is InChI=1S/C8H7IN6O/c9-5-3-12-15(4-5)8-6(7(10)14-16)1-2-11-13-8/h1-4,16H,(H2,10,14). The van der Waals surface area contributed by atoms with E-state index in [4.69, 9.17) is 10.9 Å². The number of oxime groups is 1.